The highest BCUT2D eigenvalue weighted by Gasteiger charge is 2.15. The lowest BCUT2D eigenvalue weighted by atomic mass is 9.94. The molecule has 0 bridgehead atoms. The van der Waals surface area contributed by atoms with Crippen molar-refractivity contribution in [1.82, 2.24) is 5.01 Å². The highest BCUT2D eigenvalue weighted by Crippen LogP contribution is 2.23. The van der Waals surface area contributed by atoms with E-state index in [9.17, 15) is 0 Å². The maximum atomic E-state index is 8.65. The Hall–Kier alpha value is -1.01. The molecule has 12 heavy (non-hydrogen) atoms. The molecule has 0 radical (unpaired) electrons. The van der Waals surface area contributed by atoms with Crippen LogP contribution in [0.15, 0.2) is 11.8 Å². The van der Waals surface area contributed by atoms with Crippen LogP contribution in [0.1, 0.15) is 26.2 Å². The molecule has 2 N–H and O–H groups in total. The van der Waals surface area contributed by atoms with Crippen LogP contribution in [-0.2, 0) is 0 Å². The minimum Gasteiger partial charge on any atom is -0.316 e. The normalized spacial score (nSPS) is 22.8. The molecule has 1 aliphatic carbocycles. The Morgan fingerprint density at radius 1 is 1.83 bits per heavy atom. The van der Waals surface area contributed by atoms with Gasteiger partial charge < -0.3 is 5.01 Å². The number of hydrogen-bond donors (Lipinski definition) is 1. The van der Waals surface area contributed by atoms with Crippen LogP contribution in [0.3, 0.4) is 0 Å². The van der Waals surface area contributed by atoms with E-state index in [1.165, 1.54) is 5.70 Å². The molecule has 0 aliphatic heterocycles. The van der Waals surface area contributed by atoms with Crippen molar-refractivity contribution in [3.63, 3.8) is 0 Å². The molecule has 0 saturated heterocycles. The fourth-order valence-electron chi connectivity index (χ4n) is 1.40. The molecule has 0 amide bonds. The zero-order valence-corrected chi connectivity index (χ0v) is 7.45. The van der Waals surface area contributed by atoms with Crippen LogP contribution in [0.4, 0.5) is 0 Å². The predicted molar refractivity (Wildman–Crippen MR) is 47.6 cm³/mol. The van der Waals surface area contributed by atoms with Gasteiger partial charge >= 0.3 is 0 Å². The lowest BCUT2D eigenvalue weighted by Crippen LogP contribution is -2.31. The number of allylic oxidation sites excluding steroid dienone is 2. The van der Waals surface area contributed by atoms with Crippen molar-refractivity contribution in [2.75, 3.05) is 6.54 Å². The highest BCUT2D eigenvalue weighted by atomic mass is 15.4. The van der Waals surface area contributed by atoms with Gasteiger partial charge in [-0.1, -0.05) is 6.08 Å². The Bertz CT molecular complexity index is 214. The number of nitrogens with zero attached hydrogens (tertiary/aromatic N) is 2. The van der Waals surface area contributed by atoms with Crippen molar-refractivity contribution in [3.05, 3.63) is 11.8 Å². The smallest absolute Gasteiger partial charge is 0.0659 e. The highest BCUT2D eigenvalue weighted by molar-refractivity contribution is 5.07. The Balaban J connectivity index is 2.51. The van der Waals surface area contributed by atoms with E-state index < -0.39 is 0 Å². The number of hydrogen-bond acceptors (Lipinski definition) is 3. The van der Waals surface area contributed by atoms with Crippen molar-refractivity contribution < 1.29 is 0 Å². The molecule has 0 aromatic rings. The third-order valence-corrected chi connectivity index (χ3v) is 2.28. The van der Waals surface area contributed by atoms with Gasteiger partial charge in [-0.25, -0.2) is 5.84 Å². The van der Waals surface area contributed by atoms with Gasteiger partial charge in [0, 0.05) is 12.2 Å². The Kier molecular flexibility index (Phi) is 3.12. The van der Waals surface area contributed by atoms with E-state index in [1.807, 2.05) is 6.92 Å². The van der Waals surface area contributed by atoms with Crippen molar-refractivity contribution >= 4 is 0 Å². The predicted octanol–water partition coefficient (Wildman–Crippen LogP) is 1.39. The summed E-state index contributed by atoms with van der Waals surface area (Å²) in [6, 6.07) is 2.28. The zero-order valence-electron chi connectivity index (χ0n) is 7.45. The van der Waals surface area contributed by atoms with Crippen LogP contribution in [0.2, 0.25) is 0 Å². The topological polar surface area (TPSA) is 53.0 Å². The second-order valence-corrected chi connectivity index (χ2v) is 3.08. The molecule has 0 saturated carbocycles. The van der Waals surface area contributed by atoms with Crippen LogP contribution < -0.4 is 5.84 Å². The SMILES string of the molecule is CCN(N)C1=CCC(C#N)CC1. The fraction of sp³-hybridized carbons (Fsp3) is 0.667. The first-order chi connectivity index (χ1) is 5.77. The largest absolute Gasteiger partial charge is 0.316 e. The molecule has 1 aliphatic rings. The molecule has 0 heterocycles. The molecule has 0 aromatic carbocycles. The van der Waals surface area contributed by atoms with E-state index in [4.69, 9.17) is 11.1 Å². The summed E-state index contributed by atoms with van der Waals surface area (Å²) in [5.74, 6) is 5.92. The molecule has 0 fully saturated rings. The first kappa shape index (κ1) is 9.08. The number of hydrazine groups is 1. The molecule has 1 atom stereocenters. The Labute approximate surface area is 73.4 Å². The minimum atomic E-state index is 0.207. The minimum absolute atomic E-state index is 0.207. The second-order valence-electron chi connectivity index (χ2n) is 3.08. The van der Waals surface area contributed by atoms with Crippen molar-refractivity contribution in [2.24, 2.45) is 11.8 Å². The maximum absolute atomic E-state index is 8.65. The van der Waals surface area contributed by atoms with E-state index >= 15 is 0 Å². The number of nitrogens with two attached hydrogens (primary N) is 1. The summed E-state index contributed by atoms with van der Waals surface area (Å²) in [5, 5.41) is 10.4. The molecule has 66 valence electrons. The van der Waals surface area contributed by atoms with Crippen LogP contribution in [-0.4, -0.2) is 11.6 Å². The molecular weight excluding hydrogens is 150 g/mol. The van der Waals surface area contributed by atoms with Crippen molar-refractivity contribution in [2.45, 2.75) is 26.2 Å². The molecule has 3 heteroatoms. The van der Waals surface area contributed by atoms with Crippen LogP contribution in [0.25, 0.3) is 0 Å². The van der Waals surface area contributed by atoms with E-state index in [0.717, 1.165) is 25.8 Å². The molecule has 1 rings (SSSR count). The third-order valence-electron chi connectivity index (χ3n) is 2.28. The van der Waals surface area contributed by atoms with Gasteiger partial charge in [0.05, 0.1) is 12.0 Å². The van der Waals surface area contributed by atoms with E-state index in [0.29, 0.717) is 0 Å². The second kappa shape index (κ2) is 4.13. The average molecular weight is 165 g/mol. The summed E-state index contributed by atoms with van der Waals surface area (Å²) in [4.78, 5) is 0. The van der Waals surface area contributed by atoms with Crippen LogP contribution in [0.5, 0.6) is 0 Å². The third kappa shape index (κ3) is 1.99. The number of nitriles is 1. The summed E-state index contributed by atoms with van der Waals surface area (Å²) in [6.07, 6.45) is 4.85. The Morgan fingerprint density at radius 3 is 3.00 bits per heavy atom. The first-order valence-electron chi connectivity index (χ1n) is 4.38. The van der Waals surface area contributed by atoms with Gasteiger partial charge in [0.2, 0.25) is 0 Å². The van der Waals surface area contributed by atoms with Gasteiger partial charge in [0.1, 0.15) is 0 Å². The van der Waals surface area contributed by atoms with Crippen LogP contribution >= 0.6 is 0 Å². The average Bonchev–Trinajstić information content (AvgIpc) is 2.17. The molecule has 3 nitrogen and oxygen atoms in total. The molecular formula is C9H15N3. The van der Waals surface area contributed by atoms with Crippen molar-refractivity contribution in [1.29, 1.82) is 5.26 Å². The summed E-state index contributed by atoms with van der Waals surface area (Å²) in [5.41, 5.74) is 1.18. The zero-order chi connectivity index (χ0) is 8.97. The summed E-state index contributed by atoms with van der Waals surface area (Å²) in [6.45, 7) is 2.86. The van der Waals surface area contributed by atoms with E-state index in [2.05, 4.69) is 12.1 Å². The van der Waals surface area contributed by atoms with Crippen LogP contribution in [0, 0.1) is 17.2 Å². The maximum Gasteiger partial charge on any atom is 0.0659 e. The lowest BCUT2D eigenvalue weighted by molar-refractivity contribution is 0.343. The van der Waals surface area contributed by atoms with E-state index in [1.54, 1.807) is 5.01 Å². The standard InChI is InChI=1S/C9H15N3/c1-2-12(11)9-5-3-8(7-10)4-6-9/h5,8H,2-4,6,11H2,1H3. The number of rotatable bonds is 2. The van der Waals surface area contributed by atoms with E-state index in [-0.39, 0.29) is 5.92 Å². The van der Waals surface area contributed by atoms with Gasteiger partial charge in [-0.05, 0) is 26.2 Å². The van der Waals surface area contributed by atoms with Gasteiger partial charge in [-0.15, -0.1) is 0 Å². The quantitative estimate of drug-likeness (QED) is 0.497. The summed E-state index contributed by atoms with van der Waals surface area (Å²) >= 11 is 0. The van der Waals surface area contributed by atoms with Gasteiger partial charge in [-0.3, -0.25) is 0 Å². The summed E-state index contributed by atoms with van der Waals surface area (Å²) in [7, 11) is 0. The Morgan fingerprint density at radius 2 is 2.58 bits per heavy atom. The first-order valence-corrected chi connectivity index (χ1v) is 4.38. The van der Waals surface area contributed by atoms with Gasteiger partial charge in [0.25, 0.3) is 0 Å². The monoisotopic (exact) mass is 165 g/mol. The van der Waals surface area contributed by atoms with Crippen molar-refractivity contribution in [3.8, 4) is 6.07 Å². The molecule has 1 unspecified atom stereocenters. The van der Waals surface area contributed by atoms with Gasteiger partial charge in [-0.2, -0.15) is 5.26 Å². The molecule has 0 spiro atoms. The fourth-order valence-corrected chi connectivity index (χ4v) is 1.40. The van der Waals surface area contributed by atoms with Gasteiger partial charge in [0.15, 0.2) is 0 Å². The summed E-state index contributed by atoms with van der Waals surface area (Å²) < 4.78 is 0. The molecule has 0 aromatic heterocycles. The lowest BCUT2D eigenvalue weighted by Gasteiger charge is -2.24.